The van der Waals surface area contributed by atoms with Crippen LogP contribution in [-0.4, -0.2) is 43.8 Å². The molecule has 0 aliphatic carbocycles. The van der Waals surface area contributed by atoms with Crippen molar-refractivity contribution in [1.82, 2.24) is 4.31 Å². The lowest BCUT2D eigenvalue weighted by Crippen LogP contribution is -2.48. The van der Waals surface area contributed by atoms with Gasteiger partial charge in [-0.2, -0.15) is 9.57 Å². The molecule has 0 N–H and O–H groups in total. The summed E-state index contributed by atoms with van der Waals surface area (Å²) in [6, 6.07) is 2.02. The van der Waals surface area contributed by atoms with Gasteiger partial charge in [0.1, 0.15) is 0 Å². The normalized spacial score (nSPS) is 26.6. The maximum absolute atomic E-state index is 12.0. The SMILES string of the molecule is C[C@H]1CN(S(=O)(=O)CCCCC#N)C[C@H](C)O1. The van der Waals surface area contributed by atoms with Crippen molar-refractivity contribution in [3.8, 4) is 6.07 Å². The van der Waals surface area contributed by atoms with Crippen LogP contribution in [0.5, 0.6) is 0 Å². The summed E-state index contributed by atoms with van der Waals surface area (Å²) >= 11 is 0. The molecule has 0 aromatic rings. The molecule has 0 aromatic carbocycles. The van der Waals surface area contributed by atoms with Crippen LogP contribution >= 0.6 is 0 Å². The lowest BCUT2D eigenvalue weighted by Gasteiger charge is -2.34. The first kappa shape index (κ1) is 14.4. The summed E-state index contributed by atoms with van der Waals surface area (Å²) in [6.45, 7) is 4.64. The molecule has 6 heteroatoms. The van der Waals surface area contributed by atoms with E-state index in [0.29, 0.717) is 32.4 Å². The molecule has 0 bridgehead atoms. The van der Waals surface area contributed by atoms with E-state index in [4.69, 9.17) is 10.00 Å². The van der Waals surface area contributed by atoms with E-state index < -0.39 is 10.0 Å². The zero-order valence-electron chi connectivity index (χ0n) is 10.4. The maximum Gasteiger partial charge on any atom is 0.214 e. The van der Waals surface area contributed by atoms with Crippen molar-refractivity contribution in [2.75, 3.05) is 18.8 Å². The third-order valence-corrected chi connectivity index (χ3v) is 4.61. The summed E-state index contributed by atoms with van der Waals surface area (Å²) in [5.74, 6) is 0.133. The number of hydrogen-bond donors (Lipinski definition) is 0. The first-order valence-electron chi connectivity index (χ1n) is 5.96. The summed E-state index contributed by atoms with van der Waals surface area (Å²) in [7, 11) is -3.19. The number of morpholine rings is 1. The summed E-state index contributed by atoms with van der Waals surface area (Å²) in [6.07, 6.45) is 1.52. The third kappa shape index (κ3) is 4.62. The Labute approximate surface area is 103 Å². The van der Waals surface area contributed by atoms with Gasteiger partial charge >= 0.3 is 0 Å². The van der Waals surface area contributed by atoms with Crippen LogP contribution in [0.4, 0.5) is 0 Å². The van der Waals surface area contributed by atoms with Gasteiger partial charge in [-0.25, -0.2) is 8.42 Å². The second kappa shape index (κ2) is 6.34. The zero-order valence-corrected chi connectivity index (χ0v) is 11.2. The smallest absolute Gasteiger partial charge is 0.214 e. The molecule has 0 amide bonds. The maximum atomic E-state index is 12.0. The van der Waals surface area contributed by atoms with Gasteiger partial charge in [-0.3, -0.25) is 0 Å². The zero-order chi connectivity index (χ0) is 12.9. The molecular formula is C11H20N2O3S. The Morgan fingerprint density at radius 1 is 1.29 bits per heavy atom. The molecule has 0 saturated carbocycles. The third-order valence-electron chi connectivity index (χ3n) is 2.72. The van der Waals surface area contributed by atoms with Gasteiger partial charge in [0.25, 0.3) is 0 Å². The van der Waals surface area contributed by atoms with Gasteiger partial charge in [0.05, 0.1) is 24.0 Å². The van der Waals surface area contributed by atoms with Crippen LogP contribution in [0, 0.1) is 11.3 Å². The van der Waals surface area contributed by atoms with E-state index in [0.717, 1.165) is 0 Å². The molecule has 2 atom stereocenters. The second-order valence-corrected chi connectivity index (χ2v) is 6.59. The van der Waals surface area contributed by atoms with Crippen molar-refractivity contribution in [1.29, 1.82) is 5.26 Å². The molecule has 1 fully saturated rings. The molecule has 1 heterocycles. The molecule has 0 unspecified atom stereocenters. The standard InChI is InChI=1S/C11H20N2O3S/c1-10-8-13(9-11(2)16-10)17(14,15)7-5-3-4-6-12/h10-11H,3-5,7-9H2,1-2H3/t10-,11-/m0/s1. The van der Waals surface area contributed by atoms with Gasteiger partial charge in [0.2, 0.25) is 10.0 Å². The summed E-state index contributed by atoms with van der Waals surface area (Å²) in [5.41, 5.74) is 0. The summed E-state index contributed by atoms with van der Waals surface area (Å²) in [4.78, 5) is 0. The molecule has 1 aliphatic rings. The Morgan fingerprint density at radius 3 is 2.41 bits per heavy atom. The first-order chi connectivity index (χ1) is 7.95. The van der Waals surface area contributed by atoms with Gasteiger partial charge in [0.15, 0.2) is 0 Å². The van der Waals surface area contributed by atoms with E-state index in [-0.39, 0.29) is 18.0 Å². The highest BCUT2D eigenvalue weighted by atomic mass is 32.2. The highest BCUT2D eigenvalue weighted by Gasteiger charge is 2.30. The topological polar surface area (TPSA) is 70.4 Å². The Balaban J connectivity index is 2.49. The molecule has 17 heavy (non-hydrogen) atoms. The van der Waals surface area contributed by atoms with Crippen LogP contribution in [0.1, 0.15) is 33.1 Å². The van der Waals surface area contributed by atoms with Crippen LogP contribution in [0.15, 0.2) is 0 Å². The van der Waals surface area contributed by atoms with Gasteiger partial charge < -0.3 is 4.74 Å². The number of sulfonamides is 1. The second-order valence-electron chi connectivity index (χ2n) is 4.51. The highest BCUT2D eigenvalue weighted by Crippen LogP contribution is 2.15. The van der Waals surface area contributed by atoms with Gasteiger partial charge in [-0.05, 0) is 26.7 Å². The minimum atomic E-state index is -3.19. The predicted molar refractivity (Wildman–Crippen MR) is 64.8 cm³/mol. The van der Waals surface area contributed by atoms with Crippen molar-refractivity contribution >= 4 is 10.0 Å². The van der Waals surface area contributed by atoms with Crippen LogP contribution in [0.25, 0.3) is 0 Å². The van der Waals surface area contributed by atoms with Crippen LogP contribution in [0.2, 0.25) is 0 Å². The van der Waals surface area contributed by atoms with Crippen molar-refractivity contribution in [3.05, 3.63) is 0 Å². The Hall–Kier alpha value is -0.640. The lowest BCUT2D eigenvalue weighted by molar-refractivity contribution is -0.0440. The molecule has 0 radical (unpaired) electrons. The number of hydrogen-bond acceptors (Lipinski definition) is 4. The fourth-order valence-electron chi connectivity index (χ4n) is 1.98. The fraction of sp³-hybridized carbons (Fsp3) is 0.909. The number of unbranched alkanes of at least 4 members (excludes halogenated alkanes) is 2. The number of nitrogens with zero attached hydrogens (tertiary/aromatic N) is 2. The van der Waals surface area contributed by atoms with Crippen molar-refractivity contribution in [2.45, 2.75) is 45.3 Å². The van der Waals surface area contributed by atoms with Gasteiger partial charge in [0, 0.05) is 19.5 Å². The van der Waals surface area contributed by atoms with Crippen molar-refractivity contribution in [3.63, 3.8) is 0 Å². The lowest BCUT2D eigenvalue weighted by atomic mass is 10.3. The van der Waals surface area contributed by atoms with E-state index in [1.165, 1.54) is 4.31 Å². The minimum absolute atomic E-state index is 0.0485. The van der Waals surface area contributed by atoms with Crippen molar-refractivity contribution < 1.29 is 13.2 Å². The molecule has 1 aliphatic heterocycles. The number of rotatable bonds is 5. The molecule has 98 valence electrons. The van der Waals surface area contributed by atoms with E-state index in [1.54, 1.807) is 0 Å². The summed E-state index contributed by atoms with van der Waals surface area (Å²) in [5, 5.41) is 8.39. The monoisotopic (exact) mass is 260 g/mol. The van der Waals surface area contributed by atoms with E-state index in [2.05, 4.69) is 0 Å². The predicted octanol–water partition coefficient (Wildman–Crippen LogP) is 1.12. The first-order valence-corrected chi connectivity index (χ1v) is 7.57. The average molecular weight is 260 g/mol. The molecule has 1 rings (SSSR count). The molecule has 5 nitrogen and oxygen atoms in total. The molecule has 1 saturated heterocycles. The molecule has 0 spiro atoms. The number of ether oxygens (including phenoxy) is 1. The molecule has 0 aromatic heterocycles. The van der Waals surface area contributed by atoms with Crippen LogP contribution in [0.3, 0.4) is 0 Å². The number of nitriles is 1. The Bertz CT molecular complexity index is 365. The van der Waals surface area contributed by atoms with Crippen molar-refractivity contribution in [2.24, 2.45) is 0 Å². The van der Waals surface area contributed by atoms with Gasteiger partial charge in [-0.1, -0.05) is 0 Å². The Morgan fingerprint density at radius 2 is 1.88 bits per heavy atom. The average Bonchev–Trinajstić information content (AvgIpc) is 2.23. The fourth-order valence-corrected chi connectivity index (χ4v) is 3.68. The van der Waals surface area contributed by atoms with E-state index in [9.17, 15) is 8.42 Å². The van der Waals surface area contributed by atoms with E-state index in [1.807, 2.05) is 19.9 Å². The largest absolute Gasteiger partial charge is 0.373 e. The quantitative estimate of drug-likeness (QED) is 0.694. The highest BCUT2D eigenvalue weighted by molar-refractivity contribution is 7.89. The van der Waals surface area contributed by atoms with E-state index >= 15 is 0 Å². The Kier molecular flexibility index (Phi) is 5.37. The van der Waals surface area contributed by atoms with Crippen LogP contribution in [-0.2, 0) is 14.8 Å². The molecular weight excluding hydrogens is 240 g/mol. The van der Waals surface area contributed by atoms with Gasteiger partial charge in [-0.15, -0.1) is 0 Å². The minimum Gasteiger partial charge on any atom is -0.373 e. The summed E-state index contributed by atoms with van der Waals surface area (Å²) < 4.78 is 31.1. The van der Waals surface area contributed by atoms with Crippen LogP contribution < -0.4 is 0 Å².